The van der Waals surface area contributed by atoms with Crippen molar-refractivity contribution in [3.8, 4) is 0 Å². The van der Waals surface area contributed by atoms with E-state index in [4.69, 9.17) is 23.2 Å². The lowest BCUT2D eigenvalue weighted by Crippen LogP contribution is -2.44. The van der Waals surface area contributed by atoms with Crippen LogP contribution in [0.15, 0.2) is 29.2 Å². The number of benzene rings is 1. The van der Waals surface area contributed by atoms with E-state index in [0.29, 0.717) is 59.1 Å². The number of piperidine rings is 1. The van der Waals surface area contributed by atoms with E-state index in [1.807, 2.05) is 0 Å². The molecule has 2 aliphatic rings. The van der Waals surface area contributed by atoms with E-state index in [1.165, 1.54) is 0 Å². The van der Waals surface area contributed by atoms with Crippen molar-refractivity contribution in [3.05, 3.63) is 56.2 Å². The van der Waals surface area contributed by atoms with Gasteiger partial charge in [-0.25, -0.2) is 9.78 Å². The molecular formula is C26H24Cl2F3N7O3. The molecule has 3 aromatic heterocycles. The number of pyridine rings is 1. The number of amides is 2. The molecule has 10 nitrogen and oxygen atoms in total. The Hall–Kier alpha value is -3.58. The highest BCUT2D eigenvalue weighted by Crippen LogP contribution is 2.38. The largest absolute Gasteiger partial charge is 0.406 e. The molecule has 1 fully saturated rings. The first-order valence-electron chi connectivity index (χ1n) is 13.0. The van der Waals surface area contributed by atoms with Crippen molar-refractivity contribution >= 4 is 57.1 Å². The fourth-order valence-corrected chi connectivity index (χ4v) is 6.54. The third kappa shape index (κ3) is 5.16. The number of hydrogen-bond acceptors (Lipinski definition) is 5. The van der Waals surface area contributed by atoms with Crippen LogP contribution in [-0.2, 0) is 22.6 Å². The molecule has 1 aromatic carbocycles. The number of aromatic amines is 2. The molecule has 0 spiro atoms. The summed E-state index contributed by atoms with van der Waals surface area (Å²) in [5, 5.41) is 7.36. The van der Waals surface area contributed by atoms with E-state index < -0.39 is 24.5 Å². The lowest BCUT2D eigenvalue weighted by Gasteiger charge is -2.33. The molecule has 41 heavy (non-hydrogen) atoms. The maximum atomic E-state index is 13.5. The van der Waals surface area contributed by atoms with E-state index in [9.17, 15) is 27.6 Å². The van der Waals surface area contributed by atoms with Crippen molar-refractivity contribution in [3.63, 3.8) is 0 Å². The number of hydrogen-bond donors (Lipinski definition) is 2. The van der Waals surface area contributed by atoms with Crippen LogP contribution in [0, 0.1) is 5.92 Å². The van der Waals surface area contributed by atoms with Gasteiger partial charge in [-0.1, -0.05) is 23.2 Å². The van der Waals surface area contributed by atoms with Gasteiger partial charge < -0.3 is 9.80 Å². The zero-order chi connectivity index (χ0) is 29.1. The topological polar surface area (TPSA) is 120 Å². The van der Waals surface area contributed by atoms with Crippen LogP contribution < -0.4 is 5.69 Å². The summed E-state index contributed by atoms with van der Waals surface area (Å²) in [5.41, 5.74) is 2.17. The Morgan fingerprint density at radius 3 is 2.66 bits per heavy atom. The zero-order valence-electron chi connectivity index (χ0n) is 21.5. The summed E-state index contributed by atoms with van der Waals surface area (Å²) in [5.74, 6) is -2.12. The summed E-state index contributed by atoms with van der Waals surface area (Å²) in [7, 11) is 0. The quantitative estimate of drug-likeness (QED) is 0.359. The van der Waals surface area contributed by atoms with E-state index >= 15 is 0 Å². The summed E-state index contributed by atoms with van der Waals surface area (Å²) in [6.45, 7) is -1.13. The highest BCUT2D eigenvalue weighted by Gasteiger charge is 2.40. The number of fused-ring (bicyclic) bond motifs is 4. The number of H-pyrrole nitrogens is 2. The van der Waals surface area contributed by atoms with Crippen LogP contribution in [0.2, 0.25) is 10.2 Å². The second-order valence-corrected chi connectivity index (χ2v) is 11.2. The number of carbonyl (C=O) groups is 2. The van der Waals surface area contributed by atoms with Gasteiger partial charge in [0.2, 0.25) is 11.8 Å². The van der Waals surface area contributed by atoms with E-state index in [1.54, 1.807) is 33.9 Å². The summed E-state index contributed by atoms with van der Waals surface area (Å²) in [6, 6.07) is 4.98. The predicted molar refractivity (Wildman–Crippen MR) is 145 cm³/mol. The van der Waals surface area contributed by atoms with Crippen LogP contribution in [0.1, 0.15) is 36.4 Å². The molecule has 0 radical (unpaired) electrons. The Balaban J connectivity index is 1.23. The number of aromatic nitrogens is 5. The number of carbonyl (C=O) groups excluding carboxylic acids is 2. The number of nitrogens with one attached hydrogen (secondary N) is 2. The Morgan fingerprint density at radius 1 is 1.17 bits per heavy atom. The predicted octanol–water partition coefficient (Wildman–Crippen LogP) is 4.22. The molecule has 5 heterocycles. The van der Waals surface area contributed by atoms with Crippen LogP contribution in [0.4, 0.5) is 13.2 Å². The summed E-state index contributed by atoms with van der Waals surface area (Å²) < 4.78 is 42.2. The van der Waals surface area contributed by atoms with E-state index in [0.717, 1.165) is 4.90 Å². The van der Waals surface area contributed by atoms with Gasteiger partial charge in [-0.2, -0.15) is 18.3 Å². The van der Waals surface area contributed by atoms with Crippen molar-refractivity contribution in [1.82, 2.24) is 34.5 Å². The Morgan fingerprint density at radius 2 is 1.93 bits per heavy atom. The first-order valence-corrected chi connectivity index (χ1v) is 13.8. The number of rotatable bonds is 4. The van der Waals surface area contributed by atoms with Crippen molar-refractivity contribution in [1.29, 1.82) is 0 Å². The number of nitrogens with zero attached hydrogens (tertiary/aromatic N) is 5. The Kier molecular flexibility index (Phi) is 6.97. The third-order valence-electron chi connectivity index (χ3n) is 7.88. The second kappa shape index (κ2) is 10.4. The normalized spacial score (nSPS) is 18.8. The van der Waals surface area contributed by atoms with Gasteiger partial charge >= 0.3 is 11.9 Å². The molecule has 2 amide bonds. The Bertz CT molecular complexity index is 1720. The smallest absolute Gasteiger partial charge is 0.343 e. The van der Waals surface area contributed by atoms with E-state index in [-0.39, 0.29) is 47.2 Å². The maximum absolute atomic E-state index is 13.5. The molecule has 1 saturated heterocycles. The lowest BCUT2D eigenvalue weighted by molar-refractivity contribution is -0.165. The number of imidazole rings is 1. The number of halogens is 5. The molecule has 1 atom stereocenters. The van der Waals surface area contributed by atoms with Crippen molar-refractivity contribution in [2.24, 2.45) is 5.92 Å². The molecule has 2 aliphatic heterocycles. The average Bonchev–Trinajstić information content (AvgIpc) is 3.44. The molecule has 15 heteroatoms. The minimum Gasteiger partial charge on any atom is -0.343 e. The second-order valence-electron chi connectivity index (χ2n) is 10.5. The molecule has 0 saturated carbocycles. The maximum Gasteiger partial charge on any atom is 0.406 e. The summed E-state index contributed by atoms with van der Waals surface area (Å²) in [6.07, 6.45) is -2.28. The highest BCUT2D eigenvalue weighted by molar-refractivity contribution is 6.39. The first kappa shape index (κ1) is 27.6. The van der Waals surface area contributed by atoms with Gasteiger partial charge in [0.05, 0.1) is 16.5 Å². The van der Waals surface area contributed by atoms with Gasteiger partial charge in [0.25, 0.3) is 0 Å². The average molecular weight is 610 g/mol. The lowest BCUT2D eigenvalue weighted by atomic mass is 9.92. The van der Waals surface area contributed by atoms with Crippen molar-refractivity contribution in [2.45, 2.75) is 44.4 Å². The van der Waals surface area contributed by atoms with Gasteiger partial charge in [0, 0.05) is 43.7 Å². The van der Waals surface area contributed by atoms with Gasteiger partial charge in [0.15, 0.2) is 5.65 Å². The molecule has 4 aromatic rings. The molecule has 0 unspecified atom stereocenters. The SMILES string of the molecule is O=C(C[C@@H]1Cc2cc(Cl)c3n[nH]c(Cl)c3c2CN(CC(F)(F)F)C1=O)N1CCC(n2c(=O)[nH]c3ncccc32)CC1. The third-order valence-corrected chi connectivity index (χ3v) is 8.44. The fraction of sp³-hybridized carbons (Fsp3) is 0.423. The monoisotopic (exact) mass is 609 g/mol. The molecule has 2 N–H and O–H groups in total. The molecule has 0 aliphatic carbocycles. The number of alkyl halides is 3. The van der Waals surface area contributed by atoms with Crippen LogP contribution in [0.3, 0.4) is 0 Å². The van der Waals surface area contributed by atoms with Gasteiger partial charge in [-0.15, -0.1) is 0 Å². The molecule has 0 bridgehead atoms. The van der Waals surface area contributed by atoms with Crippen LogP contribution >= 0.6 is 23.2 Å². The standard InChI is InChI=1S/C26H24Cl2F3N7O3/c27-17-9-13-8-14(24(40)37(12-26(29,30)31)11-16(13)20-21(17)34-35-22(20)28)10-19(39)36-6-3-15(4-7-36)38-18-2-1-5-32-23(18)33-25(38)41/h1-2,5,9,14-15H,3-4,6-8,10-12H2,(H,34,35)(H,32,33,41)/t14-/m0/s1. The fourth-order valence-electron chi connectivity index (χ4n) is 6.02. The van der Waals surface area contributed by atoms with Crippen LogP contribution in [-0.4, -0.2) is 72.2 Å². The first-order chi connectivity index (χ1) is 19.5. The van der Waals surface area contributed by atoms with Crippen LogP contribution in [0.25, 0.3) is 22.1 Å². The summed E-state index contributed by atoms with van der Waals surface area (Å²) in [4.78, 5) is 48.6. The Labute approximate surface area is 240 Å². The van der Waals surface area contributed by atoms with Gasteiger partial charge in [-0.05, 0) is 48.6 Å². The van der Waals surface area contributed by atoms with Gasteiger partial charge in [-0.3, -0.25) is 24.2 Å². The molecule has 6 rings (SSSR count). The number of likely N-dealkylation sites (tertiary alicyclic amines) is 1. The zero-order valence-corrected chi connectivity index (χ0v) is 23.0. The molecule has 216 valence electrons. The van der Waals surface area contributed by atoms with E-state index in [2.05, 4.69) is 20.2 Å². The van der Waals surface area contributed by atoms with Crippen LogP contribution in [0.5, 0.6) is 0 Å². The molecular weight excluding hydrogens is 586 g/mol. The van der Waals surface area contributed by atoms with Crippen molar-refractivity contribution in [2.75, 3.05) is 19.6 Å². The minimum atomic E-state index is -4.64. The van der Waals surface area contributed by atoms with Gasteiger partial charge in [0.1, 0.15) is 17.2 Å². The highest BCUT2D eigenvalue weighted by atomic mass is 35.5. The summed E-state index contributed by atoms with van der Waals surface area (Å²) >= 11 is 12.7. The van der Waals surface area contributed by atoms with Crippen molar-refractivity contribution < 1.29 is 22.8 Å². The minimum absolute atomic E-state index is 0.0274.